The molecule has 0 aliphatic rings. The van der Waals surface area contributed by atoms with Crippen LogP contribution >= 0.6 is 0 Å². The second-order valence-electron chi connectivity index (χ2n) is 9.94. The van der Waals surface area contributed by atoms with Crippen molar-refractivity contribution in [1.82, 2.24) is 18.9 Å². The molecule has 4 heterocycles. The molecule has 0 bridgehead atoms. The summed E-state index contributed by atoms with van der Waals surface area (Å²) in [4.78, 5) is 10.3. The molecule has 0 amide bonds. The van der Waals surface area contributed by atoms with Gasteiger partial charge in [0, 0.05) is 22.7 Å². The van der Waals surface area contributed by atoms with Gasteiger partial charge in [0.05, 0.1) is 22.6 Å². The Bertz CT molecular complexity index is 2090. The van der Waals surface area contributed by atoms with E-state index < -0.39 is 0 Å². The number of imidazole rings is 1. The molecule has 0 spiro atoms. The van der Waals surface area contributed by atoms with Gasteiger partial charge < -0.3 is 0 Å². The quantitative estimate of drug-likeness (QED) is 0.236. The third-order valence-electron chi connectivity index (χ3n) is 7.54. The Morgan fingerprint density at radius 3 is 2.02 bits per heavy atom. The van der Waals surface area contributed by atoms with E-state index in [-0.39, 0.29) is 0 Å². The summed E-state index contributed by atoms with van der Waals surface area (Å²) in [5, 5.41) is 1.13. The summed E-state index contributed by atoms with van der Waals surface area (Å²) >= 11 is 0. The summed E-state index contributed by atoms with van der Waals surface area (Å²) in [6.45, 7) is 0. The molecule has 0 aliphatic carbocycles. The van der Waals surface area contributed by atoms with Gasteiger partial charge in [0.25, 0.3) is 0 Å². The van der Waals surface area contributed by atoms with Crippen molar-refractivity contribution < 1.29 is 0 Å². The van der Waals surface area contributed by atoms with Crippen LogP contribution in [0.25, 0.3) is 67.0 Å². The number of hydrogen-bond acceptors (Lipinski definition) is 2. The number of pyridine rings is 2. The molecule has 0 radical (unpaired) electrons. The van der Waals surface area contributed by atoms with Crippen LogP contribution in [0.15, 0.2) is 146 Å². The molecule has 8 aromatic rings. The minimum atomic E-state index is 0.926. The molecule has 4 nitrogen and oxygen atoms in total. The second kappa shape index (κ2) is 9.07. The van der Waals surface area contributed by atoms with Crippen LogP contribution in [0.4, 0.5) is 0 Å². The number of rotatable bonds is 4. The first kappa shape index (κ1) is 22.5. The van der Waals surface area contributed by atoms with Crippen molar-refractivity contribution in [2.45, 2.75) is 0 Å². The van der Waals surface area contributed by atoms with Crippen LogP contribution in [0, 0.1) is 0 Å². The SMILES string of the molecule is c1ccc(-c2cc(-c3ccccc3)nc(-c3ccccc3-n3c4ccccc4c4nc5ccccn5c43)c2)cc1. The molecule has 0 unspecified atom stereocenters. The predicted octanol–water partition coefficient (Wildman–Crippen LogP) is 8.83. The maximum Gasteiger partial charge on any atom is 0.150 e. The Hall–Kier alpha value is -5.48. The molecule has 0 atom stereocenters. The van der Waals surface area contributed by atoms with E-state index in [2.05, 4.69) is 143 Å². The lowest BCUT2D eigenvalue weighted by Gasteiger charge is -2.15. The Morgan fingerprint density at radius 1 is 0.500 bits per heavy atom. The Morgan fingerprint density at radius 2 is 1.18 bits per heavy atom. The third kappa shape index (κ3) is 3.54. The van der Waals surface area contributed by atoms with E-state index in [1.807, 2.05) is 12.1 Å². The highest BCUT2D eigenvalue weighted by Crippen LogP contribution is 2.37. The molecule has 0 saturated heterocycles. The first-order valence-corrected chi connectivity index (χ1v) is 13.4. The highest BCUT2D eigenvalue weighted by atomic mass is 15.1. The molecular weight excluding hydrogens is 488 g/mol. The van der Waals surface area contributed by atoms with Crippen molar-refractivity contribution in [2.24, 2.45) is 0 Å². The van der Waals surface area contributed by atoms with Gasteiger partial charge in [-0.3, -0.25) is 8.97 Å². The number of benzene rings is 4. The largest absolute Gasteiger partial charge is 0.293 e. The number of nitrogens with zero attached hydrogens (tertiary/aromatic N) is 4. The maximum absolute atomic E-state index is 5.24. The van der Waals surface area contributed by atoms with E-state index in [4.69, 9.17) is 9.97 Å². The molecule has 0 fully saturated rings. The number of hydrogen-bond donors (Lipinski definition) is 0. The molecule has 0 N–H and O–H groups in total. The molecule has 4 aromatic heterocycles. The average molecular weight is 513 g/mol. The van der Waals surface area contributed by atoms with Crippen molar-refractivity contribution in [3.05, 3.63) is 146 Å². The van der Waals surface area contributed by atoms with Gasteiger partial charge in [-0.2, -0.15) is 0 Å². The molecule has 0 aliphatic heterocycles. The van der Waals surface area contributed by atoms with E-state index in [0.29, 0.717) is 0 Å². The van der Waals surface area contributed by atoms with Crippen LogP contribution in [0.5, 0.6) is 0 Å². The molecule has 40 heavy (non-hydrogen) atoms. The summed E-state index contributed by atoms with van der Waals surface area (Å²) in [6.07, 6.45) is 2.09. The van der Waals surface area contributed by atoms with Crippen molar-refractivity contribution in [1.29, 1.82) is 0 Å². The lowest BCUT2D eigenvalue weighted by Crippen LogP contribution is -2.01. The van der Waals surface area contributed by atoms with Crippen molar-refractivity contribution >= 4 is 27.7 Å². The fraction of sp³-hybridized carbons (Fsp3) is 0. The lowest BCUT2D eigenvalue weighted by atomic mass is 9.99. The highest BCUT2D eigenvalue weighted by Gasteiger charge is 2.20. The average Bonchev–Trinajstić information content (AvgIpc) is 3.56. The zero-order valence-corrected chi connectivity index (χ0v) is 21.6. The first-order valence-electron chi connectivity index (χ1n) is 13.4. The van der Waals surface area contributed by atoms with Crippen molar-refractivity contribution in [3.63, 3.8) is 0 Å². The van der Waals surface area contributed by atoms with Crippen LogP contribution in [-0.4, -0.2) is 18.9 Å². The van der Waals surface area contributed by atoms with E-state index in [1.54, 1.807) is 0 Å². The summed E-state index contributed by atoms with van der Waals surface area (Å²) in [7, 11) is 0. The predicted molar refractivity (Wildman–Crippen MR) is 164 cm³/mol. The smallest absolute Gasteiger partial charge is 0.150 e. The second-order valence-corrected chi connectivity index (χ2v) is 9.94. The van der Waals surface area contributed by atoms with Crippen LogP contribution in [0.1, 0.15) is 0 Å². The molecular formula is C36H24N4. The number of fused-ring (bicyclic) bond motifs is 5. The fourth-order valence-electron chi connectivity index (χ4n) is 5.71. The Balaban J connectivity index is 1.44. The minimum absolute atomic E-state index is 0.926. The van der Waals surface area contributed by atoms with Gasteiger partial charge in [-0.15, -0.1) is 0 Å². The molecule has 8 rings (SSSR count). The first-order chi connectivity index (χ1) is 19.8. The molecule has 4 aromatic carbocycles. The monoisotopic (exact) mass is 512 g/mol. The number of aromatic nitrogens is 4. The minimum Gasteiger partial charge on any atom is -0.293 e. The van der Waals surface area contributed by atoms with Crippen LogP contribution in [0.3, 0.4) is 0 Å². The van der Waals surface area contributed by atoms with E-state index in [1.165, 1.54) is 0 Å². The summed E-state index contributed by atoms with van der Waals surface area (Å²) in [5.74, 6) is 0. The van der Waals surface area contributed by atoms with Gasteiger partial charge in [0.1, 0.15) is 11.2 Å². The van der Waals surface area contributed by atoms with Gasteiger partial charge in [0.15, 0.2) is 5.65 Å². The van der Waals surface area contributed by atoms with Gasteiger partial charge in [-0.1, -0.05) is 103 Å². The van der Waals surface area contributed by atoms with Gasteiger partial charge in [-0.05, 0) is 47.5 Å². The Labute approximate surface area is 231 Å². The van der Waals surface area contributed by atoms with Gasteiger partial charge >= 0.3 is 0 Å². The van der Waals surface area contributed by atoms with Crippen LogP contribution in [-0.2, 0) is 0 Å². The molecule has 4 heteroatoms. The summed E-state index contributed by atoms with van der Waals surface area (Å²) in [6, 6.07) is 48.5. The zero-order chi connectivity index (χ0) is 26.5. The van der Waals surface area contributed by atoms with Gasteiger partial charge in [0.2, 0.25) is 0 Å². The van der Waals surface area contributed by atoms with Gasteiger partial charge in [-0.25, -0.2) is 9.97 Å². The summed E-state index contributed by atoms with van der Waals surface area (Å²) in [5.41, 5.74) is 11.5. The van der Waals surface area contributed by atoms with Crippen molar-refractivity contribution in [3.8, 4) is 39.3 Å². The normalized spacial score (nSPS) is 11.5. The topological polar surface area (TPSA) is 35.1 Å². The van der Waals surface area contributed by atoms with E-state index >= 15 is 0 Å². The molecule has 0 saturated carbocycles. The maximum atomic E-state index is 5.24. The lowest BCUT2D eigenvalue weighted by molar-refractivity contribution is 1.09. The number of para-hydroxylation sites is 2. The van der Waals surface area contributed by atoms with Crippen molar-refractivity contribution in [2.75, 3.05) is 0 Å². The zero-order valence-electron chi connectivity index (χ0n) is 21.6. The van der Waals surface area contributed by atoms with E-state index in [9.17, 15) is 0 Å². The summed E-state index contributed by atoms with van der Waals surface area (Å²) < 4.78 is 4.51. The molecule has 188 valence electrons. The highest BCUT2D eigenvalue weighted by molar-refractivity contribution is 6.08. The third-order valence-corrected chi connectivity index (χ3v) is 7.54. The fourth-order valence-corrected chi connectivity index (χ4v) is 5.71. The Kier molecular flexibility index (Phi) is 5.10. The standard InChI is InChI=1S/C36H24N4/c1-3-13-25(14-4-1)27-23-30(26-15-5-2-6-16-26)37-31(24-27)28-17-7-9-19-32(28)40-33-20-10-8-18-29(33)35-36(40)39-22-12-11-21-34(39)38-35/h1-24H. The van der Waals surface area contributed by atoms with E-state index in [0.717, 1.165) is 67.0 Å². The van der Waals surface area contributed by atoms with Crippen LogP contribution < -0.4 is 0 Å². The van der Waals surface area contributed by atoms with Crippen LogP contribution in [0.2, 0.25) is 0 Å².